The van der Waals surface area contributed by atoms with Crippen molar-refractivity contribution in [3.63, 3.8) is 0 Å². The quantitative estimate of drug-likeness (QED) is 0.331. The number of aromatic nitrogens is 2. The Hall–Kier alpha value is -2.57. The molecule has 6 nitrogen and oxygen atoms in total. The molecule has 0 aliphatic rings. The number of hydrogen-bond donors (Lipinski definition) is 1. The van der Waals surface area contributed by atoms with Gasteiger partial charge >= 0.3 is 0 Å². The fourth-order valence-corrected chi connectivity index (χ4v) is 4.15. The fourth-order valence-electron chi connectivity index (χ4n) is 3.99. The Labute approximate surface area is 208 Å². The minimum absolute atomic E-state index is 0.0207. The molecule has 0 aliphatic heterocycles. The van der Waals surface area contributed by atoms with E-state index in [1.165, 1.54) is 0 Å². The molecule has 0 saturated heterocycles. The highest BCUT2D eigenvalue weighted by atomic mass is 35.5. The molecule has 1 aromatic heterocycles. The minimum atomic E-state index is -0.0207. The van der Waals surface area contributed by atoms with E-state index in [-0.39, 0.29) is 5.91 Å². The van der Waals surface area contributed by atoms with Crippen LogP contribution < -0.4 is 10.1 Å². The van der Waals surface area contributed by atoms with Gasteiger partial charge < -0.3 is 19.5 Å². The standard InChI is InChI=1S/C27H37ClN4O2/c1-6-13-32-25-16-22(28)10-11-24(25)30-26(32)18-31(17-19(2)3)27(33)21-8-7-9-23(15-21)34-14-12-29-20(4)5/h7-11,15-16,19-20,29H,6,12-14,17-18H2,1-5H3. The molecular weight excluding hydrogens is 448 g/mol. The zero-order chi connectivity index (χ0) is 24.7. The number of ether oxygens (including phenoxy) is 1. The van der Waals surface area contributed by atoms with Gasteiger partial charge in [-0.3, -0.25) is 4.79 Å². The molecule has 7 heteroatoms. The van der Waals surface area contributed by atoms with E-state index in [1.807, 2.05) is 47.4 Å². The van der Waals surface area contributed by atoms with Gasteiger partial charge in [-0.2, -0.15) is 0 Å². The molecule has 3 aromatic rings. The lowest BCUT2D eigenvalue weighted by atomic mass is 10.1. The third kappa shape index (κ3) is 6.97. The van der Waals surface area contributed by atoms with Crippen LogP contribution in [0, 0.1) is 5.92 Å². The van der Waals surface area contributed by atoms with Crippen molar-refractivity contribution in [1.82, 2.24) is 19.8 Å². The van der Waals surface area contributed by atoms with Gasteiger partial charge in [0.1, 0.15) is 18.2 Å². The van der Waals surface area contributed by atoms with Crippen molar-refractivity contribution in [2.45, 2.75) is 60.2 Å². The normalized spacial score (nSPS) is 11.5. The lowest BCUT2D eigenvalue weighted by Crippen LogP contribution is -2.34. The van der Waals surface area contributed by atoms with Crippen molar-refractivity contribution in [1.29, 1.82) is 0 Å². The topological polar surface area (TPSA) is 59.4 Å². The maximum Gasteiger partial charge on any atom is 0.254 e. The number of carbonyl (C=O) groups is 1. The first-order chi connectivity index (χ1) is 16.3. The summed E-state index contributed by atoms with van der Waals surface area (Å²) >= 11 is 6.26. The molecule has 0 radical (unpaired) electrons. The molecule has 0 fully saturated rings. The van der Waals surface area contributed by atoms with E-state index in [0.29, 0.717) is 48.0 Å². The van der Waals surface area contributed by atoms with Gasteiger partial charge in [-0.05, 0) is 48.7 Å². The predicted molar refractivity (Wildman–Crippen MR) is 140 cm³/mol. The van der Waals surface area contributed by atoms with E-state index < -0.39 is 0 Å². The van der Waals surface area contributed by atoms with Crippen LogP contribution >= 0.6 is 11.6 Å². The van der Waals surface area contributed by atoms with Crippen LogP contribution in [0.15, 0.2) is 42.5 Å². The van der Waals surface area contributed by atoms with Crippen molar-refractivity contribution in [3.05, 3.63) is 58.9 Å². The van der Waals surface area contributed by atoms with Crippen LogP contribution in [0.3, 0.4) is 0 Å². The first-order valence-corrected chi connectivity index (χ1v) is 12.6. The summed E-state index contributed by atoms with van der Waals surface area (Å²) in [5, 5.41) is 4.02. The van der Waals surface area contributed by atoms with Crippen molar-refractivity contribution < 1.29 is 9.53 Å². The highest BCUT2D eigenvalue weighted by Gasteiger charge is 2.21. The lowest BCUT2D eigenvalue weighted by molar-refractivity contribution is 0.0715. The van der Waals surface area contributed by atoms with E-state index >= 15 is 0 Å². The van der Waals surface area contributed by atoms with E-state index in [0.717, 1.165) is 36.4 Å². The second-order valence-electron chi connectivity index (χ2n) is 9.38. The number of benzene rings is 2. The summed E-state index contributed by atoms with van der Waals surface area (Å²) in [6.07, 6.45) is 0.966. The van der Waals surface area contributed by atoms with Gasteiger partial charge in [-0.25, -0.2) is 4.98 Å². The second-order valence-corrected chi connectivity index (χ2v) is 9.81. The highest BCUT2D eigenvalue weighted by molar-refractivity contribution is 6.31. The van der Waals surface area contributed by atoms with Crippen LogP contribution in [0.25, 0.3) is 11.0 Å². The summed E-state index contributed by atoms with van der Waals surface area (Å²) in [6.45, 7) is 13.8. The predicted octanol–water partition coefficient (Wildman–Crippen LogP) is 5.77. The third-order valence-electron chi connectivity index (χ3n) is 5.45. The Bertz CT molecular complexity index is 1090. The molecule has 184 valence electrons. The Balaban J connectivity index is 1.83. The Kier molecular flexibility index (Phi) is 9.36. The summed E-state index contributed by atoms with van der Waals surface area (Å²) in [5.41, 5.74) is 2.53. The molecule has 3 rings (SSSR count). The number of fused-ring (bicyclic) bond motifs is 1. The van der Waals surface area contributed by atoms with Gasteiger partial charge in [0, 0.05) is 36.3 Å². The van der Waals surface area contributed by atoms with Crippen LogP contribution in [0.4, 0.5) is 0 Å². The van der Waals surface area contributed by atoms with E-state index in [9.17, 15) is 4.79 Å². The zero-order valence-electron chi connectivity index (χ0n) is 21.0. The number of aryl methyl sites for hydroxylation is 1. The molecule has 1 N–H and O–H groups in total. The Morgan fingerprint density at radius 1 is 1.18 bits per heavy atom. The Morgan fingerprint density at radius 3 is 2.68 bits per heavy atom. The molecule has 34 heavy (non-hydrogen) atoms. The van der Waals surface area contributed by atoms with Gasteiger partial charge in [-0.1, -0.05) is 52.3 Å². The maximum atomic E-state index is 13.6. The first-order valence-electron chi connectivity index (χ1n) is 12.2. The maximum absolute atomic E-state index is 13.6. The largest absolute Gasteiger partial charge is 0.492 e. The van der Waals surface area contributed by atoms with Crippen LogP contribution in [0.5, 0.6) is 5.75 Å². The molecule has 1 amide bonds. The fraction of sp³-hybridized carbons (Fsp3) is 0.481. The molecule has 1 heterocycles. The van der Waals surface area contributed by atoms with Crippen molar-refractivity contribution in [3.8, 4) is 5.75 Å². The second kappa shape index (κ2) is 12.2. The zero-order valence-corrected chi connectivity index (χ0v) is 21.7. The lowest BCUT2D eigenvalue weighted by Gasteiger charge is -2.25. The number of nitrogens with zero attached hydrogens (tertiary/aromatic N) is 3. The molecule has 0 saturated carbocycles. The van der Waals surface area contributed by atoms with Gasteiger partial charge in [-0.15, -0.1) is 0 Å². The molecule has 2 aromatic carbocycles. The summed E-state index contributed by atoms with van der Waals surface area (Å²) in [6, 6.07) is 13.6. The molecule has 0 bridgehead atoms. The number of carbonyl (C=O) groups excluding carboxylic acids is 1. The van der Waals surface area contributed by atoms with E-state index in [4.69, 9.17) is 21.3 Å². The smallest absolute Gasteiger partial charge is 0.254 e. The van der Waals surface area contributed by atoms with Gasteiger partial charge in [0.05, 0.1) is 17.6 Å². The van der Waals surface area contributed by atoms with Crippen LogP contribution in [-0.4, -0.2) is 46.1 Å². The number of imidazole rings is 1. The van der Waals surface area contributed by atoms with Crippen molar-refractivity contribution in [2.24, 2.45) is 5.92 Å². The SMILES string of the molecule is CCCn1c(CN(CC(C)C)C(=O)c2cccc(OCCNC(C)C)c2)nc2ccc(Cl)cc21. The minimum Gasteiger partial charge on any atom is -0.492 e. The summed E-state index contributed by atoms with van der Waals surface area (Å²) < 4.78 is 8.05. The highest BCUT2D eigenvalue weighted by Crippen LogP contribution is 2.23. The monoisotopic (exact) mass is 484 g/mol. The van der Waals surface area contributed by atoms with Crippen LogP contribution in [-0.2, 0) is 13.1 Å². The van der Waals surface area contributed by atoms with Crippen molar-refractivity contribution in [2.75, 3.05) is 19.7 Å². The average molecular weight is 485 g/mol. The van der Waals surface area contributed by atoms with Gasteiger partial charge in [0.25, 0.3) is 5.91 Å². The molecular formula is C27H37ClN4O2. The van der Waals surface area contributed by atoms with Gasteiger partial charge in [0.2, 0.25) is 0 Å². The van der Waals surface area contributed by atoms with Gasteiger partial charge in [0.15, 0.2) is 0 Å². The van der Waals surface area contributed by atoms with E-state index in [1.54, 1.807) is 0 Å². The van der Waals surface area contributed by atoms with Crippen LogP contribution in [0.1, 0.15) is 57.2 Å². The number of nitrogens with one attached hydrogen (secondary N) is 1. The third-order valence-corrected chi connectivity index (χ3v) is 5.68. The van der Waals surface area contributed by atoms with Crippen LogP contribution in [0.2, 0.25) is 5.02 Å². The summed E-state index contributed by atoms with van der Waals surface area (Å²) in [4.78, 5) is 20.3. The first kappa shape index (κ1) is 26.0. The number of amides is 1. The number of rotatable bonds is 12. The average Bonchev–Trinajstić information content (AvgIpc) is 3.12. The summed E-state index contributed by atoms with van der Waals surface area (Å²) in [7, 11) is 0. The van der Waals surface area contributed by atoms with E-state index in [2.05, 4.69) is 44.5 Å². The summed E-state index contributed by atoms with van der Waals surface area (Å²) in [5.74, 6) is 1.88. The van der Waals surface area contributed by atoms with Crippen molar-refractivity contribution >= 4 is 28.5 Å². The molecule has 0 atom stereocenters. The Morgan fingerprint density at radius 2 is 1.97 bits per heavy atom. The number of halogens is 1. The molecule has 0 unspecified atom stereocenters. The number of hydrogen-bond acceptors (Lipinski definition) is 4. The molecule has 0 aliphatic carbocycles. The molecule has 0 spiro atoms.